The molecule has 0 aliphatic rings. The van der Waals surface area contributed by atoms with Crippen LogP contribution in [0.25, 0.3) is 0 Å². The molecule has 0 fully saturated rings. The van der Waals surface area contributed by atoms with E-state index < -0.39 is 6.10 Å². The molecule has 82 valence electrons. The third kappa shape index (κ3) is 3.72. The zero-order valence-corrected chi connectivity index (χ0v) is 9.40. The number of oxime groups is 1. The molecule has 1 N–H and O–H groups in total. The van der Waals surface area contributed by atoms with Crippen molar-refractivity contribution in [2.75, 3.05) is 6.61 Å². The molecule has 0 amide bonds. The second-order valence-corrected chi connectivity index (χ2v) is 3.71. The standard InChI is InChI=1S/C12H17NO2/c1-9(2)13-15-8-12(14)11-7-5-4-6-10(11)3/h4-7,12,14H,8H2,1-3H3. The van der Waals surface area contributed by atoms with Gasteiger partial charge in [0.2, 0.25) is 0 Å². The molecule has 0 aromatic heterocycles. The van der Waals surface area contributed by atoms with Crippen LogP contribution in [-0.2, 0) is 4.84 Å². The maximum absolute atomic E-state index is 9.82. The summed E-state index contributed by atoms with van der Waals surface area (Å²) < 4.78 is 0. The molecular weight excluding hydrogens is 190 g/mol. The van der Waals surface area contributed by atoms with Gasteiger partial charge in [0.05, 0.1) is 5.71 Å². The molecule has 0 bridgehead atoms. The number of hydrogen-bond acceptors (Lipinski definition) is 3. The lowest BCUT2D eigenvalue weighted by Crippen LogP contribution is -2.06. The molecule has 3 heteroatoms. The minimum atomic E-state index is -0.616. The fourth-order valence-electron chi connectivity index (χ4n) is 1.29. The van der Waals surface area contributed by atoms with E-state index in [9.17, 15) is 5.11 Å². The molecule has 0 radical (unpaired) electrons. The van der Waals surface area contributed by atoms with Gasteiger partial charge in [-0.05, 0) is 31.9 Å². The summed E-state index contributed by atoms with van der Waals surface area (Å²) in [5.74, 6) is 0. The van der Waals surface area contributed by atoms with Crippen LogP contribution in [0, 0.1) is 6.92 Å². The molecule has 1 rings (SSSR count). The second kappa shape index (κ2) is 5.51. The van der Waals surface area contributed by atoms with Crippen LogP contribution in [-0.4, -0.2) is 17.4 Å². The Morgan fingerprint density at radius 1 is 1.40 bits per heavy atom. The van der Waals surface area contributed by atoms with E-state index >= 15 is 0 Å². The summed E-state index contributed by atoms with van der Waals surface area (Å²) in [4.78, 5) is 5.00. The Bertz CT molecular complexity index is 343. The molecular formula is C12H17NO2. The molecule has 0 aliphatic heterocycles. The summed E-state index contributed by atoms with van der Waals surface area (Å²) in [5, 5.41) is 13.6. The van der Waals surface area contributed by atoms with Crippen LogP contribution in [0.15, 0.2) is 29.4 Å². The number of hydrogen-bond donors (Lipinski definition) is 1. The monoisotopic (exact) mass is 207 g/mol. The van der Waals surface area contributed by atoms with Gasteiger partial charge in [-0.3, -0.25) is 0 Å². The molecule has 15 heavy (non-hydrogen) atoms. The Labute approximate surface area is 90.4 Å². The van der Waals surface area contributed by atoms with Crippen LogP contribution >= 0.6 is 0 Å². The lowest BCUT2D eigenvalue weighted by atomic mass is 10.0. The Morgan fingerprint density at radius 2 is 2.07 bits per heavy atom. The van der Waals surface area contributed by atoms with Gasteiger partial charge >= 0.3 is 0 Å². The van der Waals surface area contributed by atoms with Crippen molar-refractivity contribution in [2.24, 2.45) is 5.16 Å². The average Bonchev–Trinajstić information content (AvgIpc) is 2.17. The molecule has 0 saturated heterocycles. The van der Waals surface area contributed by atoms with Gasteiger partial charge in [0.15, 0.2) is 0 Å². The summed E-state index contributed by atoms with van der Waals surface area (Å²) in [6, 6.07) is 7.71. The van der Waals surface area contributed by atoms with E-state index in [1.165, 1.54) is 0 Å². The summed E-state index contributed by atoms with van der Waals surface area (Å²) in [6.45, 7) is 5.85. The molecule has 1 aromatic rings. The quantitative estimate of drug-likeness (QED) is 0.608. The topological polar surface area (TPSA) is 41.8 Å². The number of aryl methyl sites for hydroxylation is 1. The molecule has 0 heterocycles. The van der Waals surface area contributed by atoms with Gasteiger partial charge in [-0.15, -0.1) is 0 Å². The number of aliphatic hydroxyl groups excluding tert-OH is 1. The highest BCUT2D eigenvalue weighted by molar-refractivity contribution is 5.78. The minimum absolute atomic E-state index is 0.191. The largest absolute Gasteiger partial charge is 0.393 e. The Balaban J connectivity index is 2.58. The molecule has 0 saturated carbocycles. The first-order valence-electron chi connectivity index (χ1n) is 4.98. The van der Waals surface area contributed by atoms with Crippen molar-refractivity contribution in [1.29, 1.82) is 0 Å². The van der Waals surface area contributed by atoms with Crippen LogP contribution in [0.3, 0.4) is 0 Å². The van der Waals surface area contributed by atoms with E-state index in [4.69, 9.17) is 4.84 Å². The Hall–Kier alpha value is -1.35. The lowest BCUT2D eigenvalue weighted by molar-refractivity contribution is 0.0390. The third-order valence-electron chi connectivity index (χ3n) is 2.03. The normalized spacial score (nSPS) is 12.0. The molecule has 0 spiro atoms. The highest BCUT2D eigenvalue weighted by Crippen LogP contribution is 2.17. The van der Waals surface area contributed by atoms with Crippen molar-refractivity contribution < 1.29 is 9.94 Å². The van der Waals surface area contributed by atoms with Crippen molar-refractivity contribution in [3.05, 3.63) is 35.4 Å². The maximum Gasteiger partial charge on any atom is 0.147 e. The van der Waals surface area contributed by atoms with Crippen LogP contribution in [0.1, 0.15) is 31.1 Å². The number of aliphatic hydroxyl groups is 1. The summed E-state index contributed by atoms with van der Waals surface area (Å²) in [7, 11) is 0. The molecule has 1 aromatic carbocycles. The fourth-order valence-corrected chi connectivity index (χ4v) is 1.29. The van der Waals surface area contributed by atoms with Gasteiger partial charge < -0.3 is 9.94 Å². The van der Waals surface area contributed by atoms with E-state index in [1.807, 2.05) is 45.0 Å². The van der Waals surface area contributed by atoms with Gasteiger partial charge in [-0.2, -0.15) is 0 Å². The maximum atomic E-state index is 9.82. The highest BCUT2D eigenvalue weighted by Gasteiger charge is 2.09. The average molecular weight is 207 g/mol. The van der Waals surface area contributed by atoms with Crippen molar-refractivity contribution in [1.82, 2.24) is 0 Å². The van der Waals surface area contributed by atoms with Crippen LogP contribution in [0.2, 0.25) is 0 Å². The number of nitrogens with zero attached hydrogens (tertiary/aromatic N) is 1. The van der Waals surface area contributed by atoms with Crippen molar-refractivity contribution in [3.8, 4) is 0 Å². The summed E-state index contributed by atoms with van der Waals surface area (Å²) in [6.07, 6.45) is -0.616. The molecule has 1 unspecified atom stereocenters. The first-order valence-corrected chi connectivity index (χ1v) is 4.98. The zero-order valence-electron chi connectivity index (χ0n) is 9.40. The van der Waals surface area contributed by atoms with Gasteiger partial charge in [-0.1, -0.05) is 29.4 Å². The Kier molecular flexibility index (Phi) is 4.31. The predicted molar refractivity (Wildman–Crippen MR) is 60.9 cm³/mol. The molecule has 1 atom stereocenters. The van der Waals surface area contributed by atoms with E-state index in [2.05, 4.69) is 5.16 Å². The van der Waals surface area contributed by atoms with E-state index in [-0.39, 0.29) is 6.61 Å². The van der Waals surface area contributed by atoms with E-state index in [1.54, 1.807) is 0 Å². The minimum Gasteiger partial charge on any atom is -0.393 e. The molecule has 3 nitrogen and oxygen atoms in total. The first kappa shape index (κ1) is 11.7. The summed E-state index contributed by atoms with van der Waals surface area (Å²) in [5.41, 5.74) is 2.79. The predicted octanol–water partition coefficient (Wildman–Crippen LogP) is 2.44. The van der Waals surface area contributed by atoms with Gasteiger partial charge in [0, 0.05) is 0 Å². The summed E-state index contributed by atoms with van der Waals surface area (Å²) >= 11 is 0. The van der Waals surface area contributed by atoms with Crippen LogP contribution in [0.4, 0.5) is 0 Å². The number of benzene rings is 1. The lowest BCUT2D eigenvalue weighted by Gasteiger charge is -2.12. The van der Waals surface area contributed by atoms with E-state index in [0.29, 0.717) is 0 Å². The highest BCUT2D eigenvalue weighted by atomic mass is 16.6. The van der Waals surface area contributed by atoms with Crippen molar-refractivity contribution in [3.63, 3.8) is 0 Å². The zero-order chi connectivity index (χ0) is 11.3. The van der Waals surface area contributed by atoms with Crippen LogP contribution < -0.4 is 0 Å². The van der Waals surface area contributed by atoms with Gasteiger partial charge in [-0.25, -0.2) is 0 Å². The fraction of sp³-hybridized carbons (Fsp3) is 0.417. The van der Waals surface area contributed by atoms with Crippen molar-refractivity contribution in [2.45, 2.75) is 26.9 Å². The van der Waals surface area contributed by atoms with Gasteiger partial charge in [0.1, 0.15) is 12.7 Å². The van der Waals surface area contributed by atoms with Crippen molar-refractivity contribution >= 4 is 5.71 Å². The third-order valence-corrected chi connectivity index (χ3v) is 2.03. The van der Waals surface area contributed by atoms with Gasteiger partial charge in [0.25, 0.3) is 0 Å². The second-order valence-electron chi connectivity index (χ2n) is 3.71. The SMILES string of the molecule is CC(C)=NOCC(O)c1ccccc1C. The van der Waals surface area contributed by atoms with E-state index in [0.717, 1.165) is 16.8 Å². The first-order chi connectivity index (χ1) is 7.11. The smallest absolute Gasteiger partial charge is 0.147 e. The molecule has 0 aliphatic carbocycles. The Morgan fingerprint density at radius 3 is 2.67 bits per heavy atom. The number of rotatable bonds is 4. The van der Waals surface area contributed by atoms with Crippen LogP contribution in [0.5, 0.6) is 0 Å².